The summed E-state index contributed by atoms with van der Waals surface area (Å²) in [6.45, 7) is 3.99. The number of nitrogens with zero attached hydrogens (tertiary/aromatic N) is 2. The number of likely N-dealkylation sites (tertiary alicyclic amines) is 1. The van der Waals surface area contributed by atoms with Gasteiger partial charge in [0.05, 0.1) is 13.7 Å². The van der Waals surface area contributed by atoms with Gasteiger partial charge in [-0.25, -0.2) is 4.99 Å². The van der Waals surface area contributed by atoms with Crippen LogP contribution in [0, 0.1) is 5.92 Å². The van der Waals surface area contributed by atoms with Crippen LogP contribution in [0.1, 0.15) is 38.7 Å². The maximum absolute atomic E-state index is 12.7. The number of methoxy groups -OCH3 is 1. The van der Waals surface area contributed by atoms with Gasteiger partial charge in [0.25, 0.3) is 0 Å². The molecule has 0 saturated carbocycles. The van der Waals surface area contributed by atoms with Crippen LogP contribution in [0.25, 0.3) is 0 Å². The van der Waals surface area contributed by atoms with E-state index in [1.54, 1.807) is 12.1 Å². The van der Waals surface area contributed by atoms with Crippen molar-refractivity contribution in [3.05, 3.63) is 23.8 Å². The average Bonchev–Trinajstić information content (AvgIpc) is 2.72. The standard InChI is InChI=1S/C21H32F2N4O3/c1-4-24-21(25-10-9-19(28)27-11-5-6-15(2)14-27)26-13-16-12-17(29-3)7-8-18(16)30-20(22)23/h7-8,12,15,20H,4-6,9-11,13-14H2,1-3H3,(H2,24,25,26). The fourth-order valence-electron chi connectivity index (χ4n) is 3.39. The molecule has 1 aromatic carbocycles. The van der Waals surface area contributed by atoms with E-state index in [9.17, 15) is 13.6 Å². The molecule has 0 aromatic heterocycles. The van der Waals surface area contributed by atoms with Crippen LogP contribution in [-0.2, 0) is 11.3 Å². The zero-order valence-electron chi connectivity index (χ0n) is 17.9. The zero-order chi connectivity index (χ0) is 21.9. The molecule has 168 valence electrons. The molecule has 1 amide bonds. The van der Waals surface area contributed by atoms with E-state index < -0.39 is 6.61 Å². The Hall–Kier alpha value is -2.58. The zero-order valence-corrected chi connectivity index (χ0v) is 17.9. The van der Waals surface area contributed by atoms with Crippen molar-refractivity contribution in [3.8, 4) is 11.5 Å². The second-order valence-corrected chi connectivity index (χ2v) is 7.31. The first-order valence-corrected chi connectivity index (χ1v) is 10.3. The molecule has 1 heterocycles. The van der Waals surface area contributed by atoms with Crippen molar-refractivity contribution in [2.45, 2.75) is 46.3 Å². The Morgan fingerprint density at radius 1 is 1.37 bits per heavy atom. The van der Waals surface area contributed by atoms with Crippen LogP contribution in [0.15, 0.2) is 23.2 Å². The molecule has 0 spiro atoms. The molecule has 1 aliphatic heterocycles. The summed E-state index contributed by atoms with van der Waals surface area (Å²) in [5.74, 6) is 1.76. The van der Waals surface area contributed by atoms with Crippen molar-refractivity contribution >= 4 is 11.9 Å². The Morgan fingerprint density at radius 2 is 2.17 bits per heavy atom. The second kappa shape index (κ2) is 12.2. The van der Waals surface area contributed by atoms with Crippen molar-refractivity contribution in [2.24, 2.45) is 10.9 Å². The van der Waals surface area contributed by atoms with Gasteiger partial charge in [-0.2, -0.15) is 8.78 Å². The molecule has 9 heteroatoms. The lowest BCUT2D eigenvalue weighted by Gasteiger charge is -2.31. The summed E-state index contributed by atoms with van der Waals surface area (Å²) in [4.78, 5) is 18.8. The SMILES string of the molecule is CCNC(=NCc1cc(OC)ccc1OC(F)F)NCCC(=O)N1CCCC(C)C1. The predicted octanol–water partition coefficient (Wildman–Crippen LogP) is 3.00. The average molecular weight is 427 g/mol. The molecule has 2 rings (SSSR count). The van der Waals surface area contributed by atoms with E-state index in [0.29, 0.717) is 42.7 Å². The van der Waals surface area contributed by atoms with E-state index in [4.69, 9.17) is 4.74 Å². The maximum Gasteiger partial charge on any atom is 0.387 e. The van der Waals surface area contributed by atoms with E-state index in [2.05, 4.69) is 27.3 Å². The van der Waals surface area contributed by atoms with Crippen LogP contribution >= 0.6 is 0 Å². The molecular formula is C21H32F2N4O3. The third-order valence-electron chi connectivity index (χ3n) is 4.88. The Bertz CT molecular complexity index is 715. The van der Waals surface area contributed by atoms with Gasteiger partial charge in [0.1, 0.15) is 11.5 Å². The lowest BCUT2D eigenvalue weighted by Crippen LogP contribution is -2.42. The minimum Gasteiger partial charge on any atom is -0.497 e. The van der Waals surface area contributed by atoms with Crippen LogP contribution in [0.5, 0.6) is 11.5 Å². The molecule has 7 nitrogen and oxygen atoms in total. The van der Waals surface area contributed by atoms with E-state index in [1.807, 2.05) is 11.8 Å². The number of benzene rings is 1. The highest BCUT2D eigenvalue weighted by atomic mass is 19.3. The lowest BCUT2D eigenvalue weighted by atomic mass is 10.00. The molecule has 30 heavy (non-hydrogen) atoms. The number of hydrogen-bond acceptors (Lipinski definition) is 4. The van der Waals surface area contributed by atoms with Gasteiger partial charge < -0.3 is 25.0 Å². The summed E-state index contributed by atoms with van der Waals surface area (Å²) in [6, 6.07) is 4.61. The van der Waals surface area contributed by atoms with Crippen molar-refractivity contribution in [3.63, 3.8) is 0 Å². The number of ether oxygens (including phenoxy) is 2. The van der Waals surface area contributed by atoms with Crippen LogP contribution in [0.3, 0.4) is 0 Å². The van der Waals surface area contributed by atoms with Gasteiger partial charge in [-0.15, -0.1) is 0 Å². The van der Waals surface area contributed by atoms with Gasteiger partial charge in [0, 0.05) is 38.2 Å². The first-order valence-electron chi connectivity index (χ1n) is 10.3. The van der Waals surface area contributed by atoms with E-state index in [1.165, 1.54) is 19.6 Å². The summed E-state index contributed by atoms with van der Waals surface area (Å²) in [6.07, 6.45) is 2.59. The molecule has 1 saturated heterocycles. The minimum atomic E-state index is -2.92. The molecule has 1 fully saturated rings. The fraction of sp³-hybridized carbons (Fsp3) is 0.619. The third-order valence-corrected chi connectivity index (χ3v) is 4.88. The number of guanidine groups is 1. The molecule has 1 aliphatic rings. The van der Waals surface area contributed by atoms with Crippen LogP contribution in [-0.4, -0.2) is 56.7 Å². The first-order chi connectivity index (χ1) is 14.4. The minimum absolute atomic E-state index is 0.0554. The number of halogens is 2. The van der Waals surface area contributed by atoms with Gasteiger partial charge in [-0.1, -0.05) is 6.92 Å². The Morgan fingerprint density at radius 3 is 2.83 bits per heavy atom. The van der Waals surface area contributed by atoms with Crippen molar-refractivity contribution in [1.82, 2.24) is 15.5 Å². The number of alkyl halides is 2. The van der Waals surface area contributed by atoms with Gasteiger partial charge in [0.15, 0.2) is 5.96 Å². The number of aliphatic imine (C=N–C) groups is 1. The highest BCUT2D eigenvalue weighted by molar-refractivity contribution is 5.81. The lowest BCUT2D eigenvalue weighted by molar-refractivity contribution is -0.132. The smallest absolute Gasteiger partial charge is 0.387 e. The molecule has 1 atom stereocenters. The van der Waals surface area contributed by atoms with Gasteiger partial charge >= 0.3 is 6.61 Å². The monoisotopic (exact) mass is 426 g/mol. The van der Waals surface area contributed by atoms with Crippen molar-refractivity contribution in [1.29, 1.82) is 0 Å². The van der Waals surface area contributed by atoms with Gasteiger partial charge in [-0.05, 0) is 43.9 Å². The highest BCUT2D eigenvalue weighted by Crippen LogP contribution is 2.26. The predicted molar refractivity (Wildman–Crippen MR) is 112 cm³/mol. The van der Waals surface area contributed by atoms with Crippen LogP contribution in [0.4, 0.5) is 8.78 Å². The number of carbonyl (C=O) groups is 1. The number of carbonyl (C=O) groups excluding carboxylic acids is 1. The topological polar surface area (TPSA) is 75.2 Å². The highest BCUT2D eigenvalue weighted by Gasteiger charge is 2.20. The van der Waals surface area contributed by atoms with E-state index in [0.717, 1.165) is 19.5 Å². The number of amides is 1. The number of hydrogen-bond donors (Lipinski definition) is 2. The summed E-state index contributed by atoms with van der Waals surface area (Å²) in [5.41, 5.74) is 0.477. The first kappa shape index (κ1) is 23.7. The van der Waals surface area contributed by atoms with Crippen LogP contribution in [0.2, 0.25) is 0 Å². The summed E-state index contributed by atoms with van der Waals surface area (Å²) >= 11 is 0. The van der Waals surface area contributed by atoms with Gasteiger partial charge in [-0.3, -0.25) is 4.79 Å². The summed E-state index contributed by atoms with van der Waals surface area (Å²) < 4.78 is 35.1. The normalized spacial score (nSPS) is 17.1. The Balaban J connectivity index is 1.96. The summed E-state index contributed by atoms with van der Waals surface area (Å²) in [7, 11) is 1.50. The maximum atomic E-state index is 12.7. The molecule has 0 aliphatic carbocycles. The number of piperidine rings is 1. The number of rotatable bonds is 9. The Labute approximate surface area is 176 Å². The van der Waals surface area contributed by atoms with Gasteiger partial charge in [0.2, 0.25) is 5.91 Å². The molecule has 1 aromatic rings. The third kappa shape index (κ3) is 7.68. The molecule has 0 radical (unpaired) electrons. The van der Waals surface area contributed by atoms with Crippen molar-refractivity contribution in [2.75, 3.05) is 33.3 Å². The Kier molecular flexibility index (Phi) is 9.63. The fourth-order valence-corrected chi connectivity index (χ4v) is 3.39. The molecular weight excluding hydrogens is 394 g/mol. The van der Waals surface area contributed by atoms with E-state index in [-0.39, 0.29) is 18.2 Å². The second-order valence-electron chi connectivity index (χ2n) is 7.31. The van der Waals surface area contributed by atoms with Crippen LogP contribution < -0.4 is 20.1 Å². The van der Waals surface area contributed by atoms with E-state index >= 15 is 0 Å². The summed E-state index contributed by atoms with van der Waals surface area (Å²) in [5, 5.41) is 6.23. The largest absolute Gasteiger partial charge is 0.497 e. The molecule has 1 unspecified atom stereocenters. The van der Waals surface area contributed by atoms with Crippen molar-refractivity contribution < 1.29 is 23.0 Å². The molecule has 0 bridgehead atoms. The molecule has 2 N–H and O–H groups in total. The number of nitrogens with one attached hydrogen (secondary N) is 2. The quantitative estimate of drug-likeness (QED) is 0.469.